The van der Waals surface area contributed by atoms with Gasteiger partial charge >= 0.3 is 0 Å². The van der Waals surface area contributed by atoms with E-state index in [1.165, 1.54) is 18.4 Å². The quantitative estimate of drug-likeness (QED) is 0.764. The fourth-order valence-electron chi connectivity index (χ4n) is 2.42. The molecule has 4 rings (SSSR count). The molecule has 20 heavy (non-hydrogen) atoms. The minimum atomic E-state index is 0.686. The predicted octanol–water partition coefficient (Wildman–Crippen LogP) is 3.01. The van der Waals surface area contributed by atoms with E-state index >= 15 is 0 Å². The molecule has 102 valence electrons. The highest BCUT2D eigenvalue weighted by molar-refractivity contribution is 5.78. The molecule has 1 aliphatic rings. The summed E-state index contributed by atoms with van der Waals surface area (Å²) in [5.74, 6) is 0.798. The van der Waals surface area contributed by atoms with Crippen molar-refractivity contribution in [3.05, 3.63) is 42.0 Å². The first kappa shape index (κ1) is 11.5. The molecule has 0 spiro atoms. The van der Waals surface area contributed by atoms with Crippen LogP contribution in [-0.4, -0.2) is 19.5 Å². The number of anilines is 1. The Morgan fingerprint density at radius 2 is 2.30 bits per heavy atom. The number of nitrogens with zero attached hydrogens (tertiary/aromatic N) is 3. The molecule has 0 saturated heterocycles. The van der Waals surface area contributed by atoms with E-state index in [0.717, 1.165) is 22.7 Å². The summed E-state index contributed by atoms with van der Waals surface area (Å²) in [7, 11) is 0. The Labute approximate surface area is 117 Å². The van der Waals surface area contributed by atoms with Crippen LogP contribution in [0.1, 0.15) is 30.1 Å². The molecule has 2 N–H and O–H groups in total. The Kier molecular flexibility index (Phi) is 2.52. The molecule has 0 aliphatic heterocycles. The van der Waals surface area contributed by atoms with Crippen LogP contribution in [0.4, 0.5) is 5.95 Å². The van der Waals surface area contributed by atoms with Gasteiger partial charge in [0.25, 0.3) is 0 Å². The molecule has 5 heteroatoms. The zero-order valence-corrected chi connectivity index (χ0v) is 11.4. The number of imidazole rings is 2. The molecule has 0 atom stereocenters. The van der Waals surface area contributed by atoms with Crippen LogP contribution in [0.5, 0.6) is 0 Å². The van der Waals surface area contributed by atoms with Gasteiger partial charge in [-0.25, -0.2) is 9.97 Å². The number of hydrogen-bond donors (Lipinski definition) is 2. The van der Waals surface area contributed by atoms with Crippen molar-refractivity contribution in [3.63, 3.8) is 0 Å². The third-order valence-corrected chi connectivity index (χ3v) is 3.70. The summed E-state index contributed by atoms with van der Waals surface area (Å²) in [5, 5.41) is 3.30. The molecular formula is C15H17N5. The van der Waals surface area contributed by atoms with Gasteiger partial charge in [-0.05, 0) is 37.5 Å². The predicted molar refractivity (Wildman–Crippen MR) is 78.7 cm³/mol. The summed E-state index contributed by atoms with van der Waals surface area (Å²) in [6.07, 6.45) is 6.62. The van der Waals surface area contributed by atoms with Crippen molar-refractivity contribution in [2.45, 2.75) is 32.4 Å². The van der Waals surface area contributed by atoms with E-state index in [-0.39, 0.29) is 0 Å². The molecule has 1 fully saturated rings. The van der Waals surface area contributed by atoms with Crippen LogP contribution >= 0.6 is 0 Å². The first-order valence-corrected chi connectivity index (χ1v) is 7.00. The van der Waals surface area contributed by atoms with Crippen molar-refractivity contribution in [1.29, 1.82) is 0 Å². The average Bonchev–Trinajstić information content (AvgIpc) is 3.04. The van der Waals surface area contributed by atoms with Gasteiger partial charge in [0.2, 0.25) is 5.95 Å². The number of aromatic nitrogens is 4. The van der Waals surface area contributed by atoms with Gasteiger partial charge in [0, 0.05) is 12.2 Å². The Morgan fingerprint density at radius 1 is 1.40 bits per heavy atom. The van der Waals surface area contributed by atoms with Gasteiger partial charge in [-0.2, -0.15) is 0 Å². The second kappa shape index (κ2) is 4.37. The molecule has 0 radical (unpaired) electrons. The highest BCUT2D eigenvalue weighted by atomic mass is 15.1. The van der Waals surface area contributed by atoms with Crippen LogP contribution in [0.2, 0.25) is 0 Å². The molecule has 1 aromatic carbocycles. The van der Waals surface area contributed by atoms with Gasteiger partial charge in [0.15, 0.2) is 0 Å². The van der Waals surface area contributed by atoms with Crippen molar-refractivity contribution in [3.8, 4) is 0 Å². The van der Waals surface area contributed by atoms with Gasteiger partial charge in [0.05, 0.1) is 29.6 Å². The summed E-state index contributed by atoms with van der Waals surface area (Å²) >= 11 is 0. The molecule has 0 unspecified atom stereocenters. The number of aromatic amines is 1. The lowest BCUT2D eigenvalue weighted by atomic mass is 10.2. The van der Waals surface area contributed by atoms with E-state index in [2.05, 4.69) is 50.1 Å². The summed E-state index contributed by atoms with van der Waals surface area (Å²) in [6.45, 7) is 2.77. The second-order valence-electron chi connectivity index (χ2n) is 5.50. The Hall–Kier alpha value is -2.30. The van der Waals surface area contributed by atoms with E-state index in [4.69, 9.17) is 0 Å². The fraction of sp³-hybridized carbons (Fsp3) is 0.333. The van der Waals surface area contributed by atoms with Crippen molar-refractivity contribution >= 4 is 17.0 Å². The van der Waals surface area contributed by atoms with E-state index in [9.17, 15) is 0 Å². The number of nitrogens with one attached hydrogen (secondary N) is 2. The minimum absolute atomic E-state index is 0.686. The molecule has 0 amide bonds. The van der Waals surface area contributed by atoms with Gasteiger partial charge in [0.1, 0.15) is 0 Å². The van der Waals surface area contributed by atoms with Gasteiger partial charge < -0.3 is 14.9 Å². The molecule has 3 aromatic rings. The molecule has 1 saturated carbocycles. The summed E-state index contributed by atoms with van der Waals surface area (Å²) in [4.78, 5) is 12.2. The largest absolute Gasteiger partial charge is 0.350 e. The fourth-order valence-corrected chi connectivity index (χ4v) is 2.42. The highest BCUT2D eigenvalue weighted by Crippen LogP contribution is 2.34. The van der Waals surface area contributed by atoms with Gasteiger partial charge in [-0.1, -0.05) is 6.07 Å². The molecule has 2 heterocycles. The lowest BCUT2D eigenvalue weighted by Gasteiger charge is -1.99. The van der Waals surface area contributed by atoms with Crippen LogP contribution in [0, 0.1) is 6.92 Å². The lowest BCUT2D eigenvalue weighted by molar-refractivity contribution is 0.739. The third-order valence-electron chi connectivity index (χ3n) is 3.70. The Bertz CT molecular complexity index is 751. The first-order valence-electron chi connectivity index (χ1n) is 7.00. The number of hydrogen-bond acceptors (Lipinski definition) is 3. The van der Waals surface area contributed by atoms with Crippen LogP contribution in [-0.2, 0) is 6.54 Å². The topological polar surface area (TPSA) is 58.5 Å². The van der Waals surface area contributed by atoms with Crippen LogP contribution in [0.15, 0.2) is 30.7 Å². The SMILES string of the molecule is Cc1ccc2nc(NCc3cn(C4CC4)cn3)[nH]c2c1. The van der Waals surface area contributed by atoms with Crippen molar-refractivity contribution < 1.29 is 0 Å². The minimum Gasteiger partial charge on any atom is -0.350 e. The summed E-state index contributed by atoms with van der Waals surface area (Å²) in [6, 6.07) is 6.90. The van der Waals surface area contributed by atoms with Crippen molar-refractivity contribution in [2.24, 2.45) is 0 Å². The maximum atomic E-state index is 4.52. The summed E-state index contributed by atoms with van der Waals surface area (Å²) < 4.78 is 2.21. The Balaban J connectivity index is 1.48. The smallest absolute Gasteiger partial charge is 0.201 e. The number of benzene rings is 1. The van der Waals surface area contributed by atoms with E-state index in [1.54, 1.807) is 0 Å². The van der Waals surface area contributed by atoms with Crippen molar-refractivity contribution in [2.75, 3.05) is 5.32 Å². The van der Waals surface area contributed by atoms with Gasteiger partial charge in [-0.3, -0.25) is 0 Å². The van der Waals surface area contributed by atoms with Crippen molar-refractivity contribution in [1.82, 2.24) is 19.5 Å². The highest BCUT2D eigenvalue weighted by Gasteiger charge is 2.23. The van der Waals surface area contributed by atoms with Crippen LogP contribution < -0.4 is 5.32 Å². The first-order chi connectivity index (χ1) is 9.78. The maximum absolute atomic E-state index is 4.52. The monoisotopic (exact) mass is 267 g/mol. The maximum Gasteiger partial charge on any atom is 0.201 e. The number of rotatable bonds is 4. The zero-order chi connectivity index (χ0) is 13.5. The normalized spacial score (nSPS) is 14.8. The average molecular weight is 267 g/mol. The number of fused-ring (bicyclic) bond motifs is 1. The zero-order valence-electron chi connectivity index (χ0n) is 11.4. The molecule has 2 aromatic heterocycles. The van der Waals surface area contributed by atoms with Crippen LogP contribution in [0.25, 0.3) is 11.0 Å². The van der Waals surface area contributed by atoms with Crippen LogP contribution in [0.3, 0.4) is 0 Å². The third kappa shape index (κ3) is 2.15. The molecule has 5 nitrogen and oxygen atoms in total. The van der Waals surface area contributed by atoms with E-state index in [0.29, 0.717) is 12.6 Å². The lowest BCUT2D eigenvalue weighted by Crippen LogP contribution is -2.01. The van der Waals surface area contributed by atoms with E-state index in [1.807, 2.05) is 12.4 Å². The summed E-state index contributed by atoms with van der Waals surface area (Å²) in [5.41, 5.74) is 4.34. The second-order valence-corrected chi connectivity index (χ2v) is 5.50. The standard InChI is InChI=1S/C15H17N5/c1-10-2-5-13-14(6-10)19-15(18-13)16-7-11-8-20(9-17-11)12-3-4-12/h2,5-6,8-9,12H,3-4,7H2,1H3,(H2,16,18,19). The molecular weight excluding hydrogens is 250 g/mol. The number of aryl methyl sites for hydroxylation is 1. The van der Waals surface area contributed by atoms with Gasteiger partial charge in [-0.15, -0.1) is 0 Å². The Morgan fingerprint density at radius 3 is 3.15 bits per heavy atom. The molecule has 0 bridgehead atoms. The number of H-pyrrole nitrogens is 1. The van der Waals surface area contributed by atoms with E-state index < -0.39 is 0 Å². The molecule has 1 aliphatic carbocycles.